The molecule has 2 heterocycles. The first-order valence-electron chi connectivity index (χ1n) is 9.36. The molecule has 2 aromatic carbocycles. The summed E-state index contributed by atoms with van der Waals surface area (Å²) >= 11 is 0. The van der Waals surface area contributed by atoms with Crippen molar-refractivity contribution in [1.29, 1.82) is 0 Å². The molecule has 0 saturated heterocycles. The summed E-state index contributed by atoms with van der Waals surface area (Å²) in [7, 11) is 1.86. The van der Waals surface area contributed by atoms with Crippen molar-refractivity contribution in [3.63, 3.8) is 0 Å². The van der Waals surface area contributed by atoms with Gasteiger partial charge in [-0.2, -0.15) is 5.43 Å². The Morgan fingerprint density at radius 3 is 2.68 bits per heavy atom. The van der Waals surface area contributed by atoms with Gasteiger partial charge in [0.2, 0.25) is 0 Å². The molecule has 142 valence electrons. The van der Waals surface area contributed by atoms with Crippen LogP contribution in [-0.4, -0.2) is 36.6 Å². The Morgan fingerprint density at radius 1 is 1.14 bits per heavy atom. The molecule has 0 saturated carbocycles. The Hall–Kier alpha value is -3.22. The van der Waals surface area contributed by atoms with Crippen LogP contribution in [-0.2, 0) is 6.42 Å². The van der Waals surface area contributed by atoms with E-state index in [2.05, 4.69) is 33.2 Å². The molecular weight excluding hydrogens is 350 g/mol. The van der Waals surface area contributed by atoms with E-state index in [9.17, 15) is 4.79 Å². The van der Waals surface area contributed by atoms with E-state index >= 15 is 0 Å². The Kier molecular flexibility index (Phi) is 5.32. The van der Waals surface area contributed by atoms with Gasteiger partial charge >= 0.3 is 0 Å². The average Bonchev–Trinajstić information content (AvgIpc) is 3.18. The van der Waals surface area contributed by atoms with Crippen LogP contribution in [0.3, 0.4) is 0 Å². The lowest BCUT2D eigenvalue weighted by molar-refractivity contribution is 0.0954. The highest BCUT2D eigenvalue weighted by Gasteiger charge is 2.26. The number of nitrogens with one attached hydrogen (secondary N) is 3. The second kappa shape index (κ2) is 8.21. The second-order valence-electron chi connectivity index (χ2n) is 6.63. The molecule has 6 nitrogen and oxygen atoms in total. The highest BCUT2D eigenvalue weighted by atomic mass is 16.1. The maximum absolute atomic E-state index is 12.4. The fourth-order valence-corrected chi connectivity index (χ4v) is 3.24. The van der Waals surface area contributed by atoms with Gasteiger partial charge in [-0.15, -0.1) is 0 Å². The molecule has 4 rings (SSSR count). The summed E-state index contributed by atoms with van der Waals surface area (Å²) in [6, 6.07) is 17.8. The Morgan fingerprint density at radius 2 is 1.93 bits per heavy atom. The van der Waals surface area contributed by atoms with Gasteiger partial charge in [-0.3, -0.25) is 15.1 Å². The van der Waals surface area contributed by atoms with Crippen molar-refractivity contribution in [3.8, 4) is 0 Å². The lowest BCUT2D eigenvalue weighted by Crippen LogP contribution is -2.42. The van der Waals surface area contributed by atoms with Crippen LogP contribution in [0.15, 0.2) is 77.9 Å². The number of hydrogen-bond acceptors (Lipinski definition) is 5. The van der Waals surface area contributed by atoms with Gasteiger partial charge in [0.05, 0.1) is 0 Å². The molecule has 0 fully saturated rings. The Balaban J connectivity index is 1.40. The van der Waals surface area contributed by atoms with Crippen molar-refractivity contribution >= 4 is 17.3 Å². The first kappa shape index (κ1) is 18.2. The molecule has 0 aromatic heterocycles. The molecule has 1 unspecified atom stereocenters. The smallest absolute Gasteiger partial charge is 0.251 e. The SMILES string of the molecule is CNC1N=C2C(c3ccc(C(=O)NCCc4ccccc4)cc3)=CC=CN2N1. The number of rotatable bonds is 6. The summed E-state index contributed by atoms with van der Waals surface area (Å²) < 4.78 is 0. The molecule has 0 spiro atoms. The van der Waals surface area contributed by atoms with Crippen LogP contribution >= 0.6 is 0 Å². The van der Waals surface area contributed by atoms with E-state index in [1.54, 1.807) is 0 Å². The van der Waals surface area contributed by atoms with Crippen molar-refractivity contribution in [2.75, 3.05) is 13.6 Å². The van der Waals surface area contributed by atoms with E-state index in [1.165, 1.54) is 5.56 Å². The summed E-state index contributed by atoms with van der Waals surface area (Å²) in [6.45, 7) is 0.614. The molecule has 3 N–H and O–H groups in total. The van der Waals surface area contributed by atoms with Crippen molar-refractivity contribution < 1.29 is 4.79 Å². The van der Waals surface area contributed by atoms with Crippen LogP contribution in [0.25, 0.3) is 5.57 Å². The zero-order valence-electron chi connectivity index (χ0n) is 15.7. The number of amides is 1. The number of amidine groups is 1. The van der Waals surface area contributed by atoms with Crippen LogP contribution in [0.2, 0.25) is 0 Å². The summed E-state index contributed by atoms with van der Waals surface area (Å²) in [5.41, 5.74) is 7.14. The standard InChI is InChI=1S/C22H23N5O/c1-23-22-25-20-19(8-5-15-27(20)26-22)17-9-11-18(12-10-17)21(28)24-14-13-16-6-3-2-4-7-16/h2-12,15,22-23,26H,13-14H2,1H3,(H,24,28). The third kappa shape index (κ3) is 3.88. The minimum Gasteiger partial charge on any atom is -0.352 e. The molecule has 1 atom stereocenters. The highest BCUT2D eigenvalue weighted by Crippen LogP contribution is 2.24. The molecule has 28 heavy (non-hydrogen) atoms. The van der Waals surface area contributed by atoms with Crippen LogP contribution < -0.4 is 16.1 Å². The quantitative estimate of drug-likeness (QED) is 0.727. The van der Waals surface area contributed by atoms with Crippen molar-refractivity contribution in [3.05, 3.63) is 89.6 Å². The summed E-state index contributed by atoms with van der Waals surface area (Å²) in [5, 5.41) is 7.98. The van der Waals surface area contributed by atoms with Gasteiger partial charge in [0.25, 0.3) is 5.91 Å². The van der Waals surface area contributed by atoms with Gasteiger partial charge < -0.3 is 5.32 Å². The van der Waals surface area contributed by atoms with Crippen molar-refractivity contribution in [1.82, 2.24) is 21.1 Å². The first-order valence-corrected chi connectivity index (χ1v) is 9.36. The van der Waals surface area contributed by atoms with E-state index in [-0.39, 0.29) is 12.2 Å². The largest absolute Gasteiger partial charge is 0.352 e. The van der Waals surface area contributed by atoms with E-state index in [1.807, 2.05) is 72.9 Å². The number of hydrazine groups is 1. The molecule has 1 amide bonds. The van der Waals surface area contributed by atoms with Gasteiger partial charge in [-0.25, -0.2) is 4.99 Å². The summed E-state index contributed by atoms with van der Waals surface area (Å²) in [6.07, 6.45) is 6.62. The first-order chi connectivity index (χ1) is 13.7. The van der Waals surface area contributed by atoms with Crippen molar-refractivity contribution in [2.24, 2.45) is 4.99 Å². The highest BCUT2D eigenvalue weighted by molar-refractivity contribution is 6.24. The Bertz CT molecular complexity index is 931. The minimum absolute atomic E-state index is 0.0586. The van der Waals surface area contributed by atoms with Gasteiger partial charge in [-0.1, -0.05) is 42.5 Å². The molecule has 0 radical (unpaired) electrons. The number of hydrogen-bond donors (Lipinski definition) is 3. The normalized spacial score (nSPS) is 17.8. The zero-order valence-corrected chi connectivity index (χ0v) is 15.7. The zero-order chi connectivity index (χ0) is 19.3. The lowest BCUT2D eigenvalue weighted by Gasteiger charge is -2.21. The molecular formula is C22H23N5O. The molecule has 2 aliphatic heterocycles. The van der Waals surface area contributed by atoms with E-state index in [4.69, 9.17) is 0 Å². The third-order valence-corrected chi connectivity index (χ3v) is 4.75. The Labute approximate surface area is 164 Å². The van der Waals surface area contributed by atoms with E-state index < -0.39 is 0 Å². The van der Waals surface area contributed by atoms with Crippen LogP contribution in [0, 0.1) is 0 Å². The van der Waals surface area contributed by atoms with E-state index in [0.29, 0.717) is 12.1 Å². The number of fused-ring (bicyclic) bond motifs is 1. The monoisotopic (exact) mass is 373 g/mol. The fourth-order valence-electron chi connectivity index (χ4n) is 3.24. The number of benzene rings is 2. The van der Waals surface area contributed by atoms with Crippen LogP contribution in [0.5, 0.6) is 0 Å². The number of nitrogens with zero attached hydrogens (tertiary/aromatic N) is 2. The van der Waals surface area contributed by atoms with Gasteiger partial charge in [0, 0.05) is 23.9 Å². The van der Waals surface area contributed by atoms with Gasteiger partial charge in [0.15, 0.2) is 12.1 Å². The van der Waals surface area contributed by atoms with Crippen LogP contribution in [0.4, 0.5) is 0 Å². The van der Waals surface area contributed by atoms with E-state index in [0.717, 1.165) is 23.4 Å². The number of carbonyl (C=O) groups is 1. The molecule has 0 bridgehead atoms. The van der Waals surface area contributed by atoms with Crippen LogP contribution in [0.1, 0.15) is 21.5 Å². The molecule has 0 aliphatic carbocycles. The average molecular weight is 373 g/mol. The maximum Gasteiger partial charge on any atom is 0.251 e. The summed E-state index contributed by atoms with van der Waals surface area (Å²) in [5.74, 6) is 0.804. The minimum atomic E-state index is -0.143. The number of carbonyl (C=O) groups excluding carboxylic acids is 1. The van der Waals surface area contributed by atoms with Crippen molar-refractivity contribution in [2.45, 2.75) is 12.7 Å². The molecule has 2 aliphatic rings. The molecule has 6 heteroatoms. The third-order valence-electron chi connectivity index (χ3n) is 4.75. The maximum atomic E-state index is 12.4. The molecule has 2 aromatic rings. The van der Waals surface area contributed by atoms with Gasteiger partial charge in [0.1, 0.15) is 0 Å². The van der Waals surface area contributed by atoms with Gasteiger partial charge in [-0.05, 0) is 48.9 Å². The topological polar surface area (TPSA) is 68.8 Å². The summed E-state index contributed by atoms with van der Waals surface area (Å²) in [4.78, 5) is 17.0. The predicted molar refractivity (Wildman–Crippen MR) is 111 cm³/mol. The fraction of sp³-hybridized carbons (Fsp3) is 0.182. The predicted octanol–water partition coefficient (Wildman–Crippen LogP) is 2.29. The lowest BCUT2D eigenvalue weighted by atomic mass is 10.0. The second-order valence-corrected chi connectivity index (χ2v) is 6.63. The number of allylic oxidation sites excluding steroid dienone is 2. The number of aliphatic imine (C=N–C) groups is 1.